The predicted octanol–water partition coefficient (Wildman–Crippen LogP) is 2.92. The van der Waals surface area contributed by atoms with Crippen LogP contribution in [-0.2, 0) is 0 Å². The van der Waals surface area contributed by atoms with Crippen molar-refractivity contribution in [1.29, 1.82) is 0 Å². The standard InChI is InChI=1S/C17H34N2O/c1-15(2)18-17(14-20)10-8-9-16(13-17)19-11-6-4-3-5-7-12-19/h15-16,18,20H,3-14H2,1-2H3. The van der Waals surface area contributed by atoms with E-state index in [1.54, 1.807) is 0 Å². The lowest BCUT2D eigenvalue weighted by Gasteiger charge is -2.46. The highest BCUT2D eigenvalue weighted by Gasteiger charge is 2.38. The summed E-state index contributed by atoms with van der Waals surface area (Å²) in [7, 11) is 0. The zero-order chi connectivity index (χ0) is 14.4. The maximum Gasteiger partial charge on any atom is 0.0613 e. The van der Waals surface area contributed by atoms with Crippen molar-refractivity contribution in [2.24, 2.45) is 0 Å². The first-order valence-corrected chi connectivity index (χ1v) is 8.78. The molecular weight excluding hydrogens is 248 g/mol. The van der Waals surface area contributed by atoms with Crippen LogP contribution in [0.3, 0.4) is 0 Å². The van der Waals surface area contributed by atoms with Crippen LogP contribution in [0.25, 0.3) is 0 Å². The molecule has 2 fully saturated rings. The van der Waals surface area contributed by atoms with Gasteiger partial charge in [0, 0.05) is 17.6 Å². The lowest BCUT2D eigenvalue weighted by atomic mass is 9.78. The first-order valence-electron chi connectivity index (χ1n) is 8.78. The second kappa shape index (κ2) is 7.77. The Labute approximate surface area is 125 Å². The number of aliphatic hydroxyl groups excluding tert-OH is 1. The smallest absolute Gasteiger partial charge is 0.0613 e. The van der Waals surface area contributed by atoms with Crippen molar-refractivity contribution in [2.75, 3.05) is 19.7 Å². The molecule has 1 saturated carbocycles. The summed E-state index contributed by atoms with van der Waals surface area (Å²) in [6, 6.07) is 1.13. The van der Waals surface area contributed by atoms with Gasteiger partial charge in [-0.25, -0.2) is 0 Å². The van der Waals surface area contributed by atoms with Crippen molar-refractivity contribution >= 4 is 0 Å². The highest BCUT2D eigenvalue weighted by Crippen LogP contribution is 2.32. The molecule has 2 rings (SSSR count). The highest BCUT2D eigenvalue weighted by atomic mass is 16.3. The van der Waals surface area contributed by atoms with Gasteiger partial charge in [-0.3, -0.25) is 0 Å². The minimum absolute atomic E-state index is 0.0283. The van der Waals surface area contributed by atoms with Crippen LogP contribution in [0.15, 0.2) is 0 Å². The molecule has 1 aliphatic carbocycles. The average molecular weight is 282 g/mol. The summed E-state index contributed by atoms with van der Waals surface area (Å²) in [4.78, 5) is 2.73. The lowest BCUT2D eigenvalue weighted by Crippen LogP contribution is -2.57. The molecule has 0 aromatic carbocycles. The van der Waals surface area contributed by atoms with E-state index in [1.165, 1.54) is 58.0 Å². The molecule has 3 nitrogen and oxygen atoms in total. The summed E-state index contributed by atoms with van der Waals surface area (Å²) in [5.41, 5.74) is -0.0283. The Balaban J connectivity index is 1.96. The molecule has 0 spiro atoms. The minimum atomic E-state index is -0.0283. The summed E-state index contributed by atoms with van der Waals surface area (Å²) in [5, 5.41) is 13.6. The molecule has 2 aliphatic rings. The van der Waals surface area contributed by atoms with Crippen LogP contribution in [-0.4, -0.2) is 47.3 Å². The SMILES string of the molecule is CC(C)NC1(CO)CCCC(N2CCCCCCC2)C1. The van der Waals surface area contributed by atoms with Crippen molar-refractivity contribution in [2.45, 2.75) is 89.3 Å². The van der Waals surface area contributed by atoms with Gasteiger partial charge in [0.25, 0.3) is 0 Å². The van der Waals surface area contributed by atoms with Gasteiger partial charge >= 0.3 is 0 Å². The average Bonchev–Trinajstić information content (AvgIpc) is 2.37. The number of aliphatic hydroxyl groups is 1. The van der Waals surface area contributed by atoms with Crippen molar-refractivity contribution in [3.05, 3.63) is 0 Å². The van der Waals surface area contributed by atoms with E-state index in [1.807, 2.05) is 0 Å². The summed E-state index contributed by atoms with van der Waals surface area (Å²) in [5.74, 6) is 0. The summed E-state index contributed by atoms with van der Waals surface area (Å²) in [6.07, 6.45) is 11.8. The van der Waals surface area contributed by atoms with Crippen LogP contribution in [0.5, 0.6) is 0 Å². The van der Waals surface area contributed by atoms with Crippen molar-refractivity contribution < 1.29 is 5.11 Å². The molecule has 1 saturated heterocycles. The molecule has 0 aromatic rings. The Morgan fingerprint density at radius 3 is 2.35 bits per heavy atom. The minimum Gasteiger partial charge on any atom is -0.394 e. The highest BCUT2D eigenvalue weighted by molar-refractivity contribution is 4.97. The predicted molar refractivity (Wildman–Crippen MR) is 85.0 cm³/mol. The number of hydrogen-bond donors (Lipinski definition) is 2. The third-order valence-electron chi connectivity index (χ3n) is 5.12. The summed E-state index contributed by atoms with van der Waals surface area (Å²) >= 11 is 0. The largest absolute Gasteiger partial charge is 0.394 e. The fraction of sp³-hybridized carbons (Fsp3) is 1.00. The topological polar surface area (TPSA) is 35.5 Å². The van der Waals surface area contributed by atoms with Crippen LogP contribution in [0.1, 0.15) is 71.6 Å². The fourth-order valence-electron chi connectivity index (χ4n) is 4.21. The van der Waals surface area contributed by atoms with E-state index in [9.17, 15) is 5.11 Å². The second-order valence-corrected chi connectivity index (χ2v) is 7.29. The van der Waals surface area contributed by atoms with Gasteiger partial charge in [0.1, 0.15) is 0 Å². The van der Waals surface area contributed by atoms with E-state index < -0.39 is 0 Å². The van der Waals surface area contributed by atoms with Gasteiger partial charge in [0.2, 0.25) is 0 Å². The number of rotatable bonds is 4. The van der Waals surface area contributed by atoms with E-state index >= 15 is 0 Å². The van der Waals surface area contributed by atoms with Crippen LogP contribution < -0.4 is 5.32 Å². The number of nitrogens with zero attached hydrogens (tertiary/aromatic N) is 1. The Hall–Kier alpha value is -0.120. The fourth-order valence-corrected chi connectivity index (χ4v) is 4.21. The molecule has 118 valence electrons. The number of hydrogen-bond acceptors (Lipinski definition) is 3. The molecule has 20 heavy (non-hydrogen) atoms. The van der Waals surface area contributed by atoms with E-state index in [-0.39, 0.29) is 12.1 Å². The number of likely N-dealkylation sites (tertiary alicyclic amines) is 1. The second-order valence-electron chi connectivity index (χ2n) is 7.29. The van der Waals surface area contributed by atoms with Crippen molar-refractivity contribution in [1.82, 2.24) is 10.2 Å². The van der Waals surface area contributed by atoms with E-state index in [0.29, 0.717) is 12.1 Å². The van der Waals surface area contributed by atoms with Gasteiger partial charge in [-0.05, 0) is 51.6 Å². The summed E-state index contributed by atoms with van der Waals surface area (Å²) < 4.78 is 0. The Morgan fingerprint density at radius 2 is 1.75 bits per heavy atom. The van der Waals surface area contributed by atoms with Crippen LogP contribution in [0, 0.1) is 0 Å². The van der Waals surface area contributed by atoms with E-state index in [2.05, 4.69) is 24.1 Å². The van der Waals surface area contributed by atoms with Gasteiger partial charge in [-0.1, -0.05) is 33.1 Å². The zero-order valence-corrected chi connectivity index (χ0v) is 13.5. The third kappa shape index (κ3) is 4.44. The third-order valence-corrected chi connectivity index (χ3v) is 5.12. The van der Waals surface area contributed by atoms with Gasteiger partial charge < -0.3 is 15.3 Å². The van der Waals surface area contributed by atoms with Gasteiger partial charge in [0.15, 0.2) is 0 Å². The van der Waals surface area contributed by atoms with Crippen molar-refractivity contribution in [3.63, 3.8) is 0 Å². The molecule has 3 heteroatoms. The zero-order valence-electron chi connectivity index (χ0n) is 13.5. The molecule has 0 bridgehead atoms. The molecule has 2 unspecified atom stereocenters. The number of nitrogens with one attached hydrogen (secondary N) is 1. The molecule has 1 heterocycles. The monoisotopic (exact) mass is 282 g/mol. The molecule has 1 aliphatic heterocycles. The van der Waals surface area contributed by atoms with E-state index in [4.69, 9.17) is 0 Å². The Morgan fingerprint density at radius 1 is 1.10 bits per heavy atom. The quantitative estimate of drug-likeness (QED) is 0.832. The first-order chi connectivity index (χ1) is 9.65. The maximum absolute atomic E-state index is 9.93. The molecule has 0 amide bonds. The molecule has 0 radical (unpaired) electrons. The van der Waals surface area contributed by atoms with Crippen LogP contribution in [0.4, 0.5) is 0 Å². The Kier molecular flexibility index (Phi) is 6.31. The van der Waals surface area contributed by atoms with Crippen LogP contribution >= 0.6 is 0 Å². The first kappa shape index (κ1) is 16.3. The molecule has 0 aromatic heterocycles. The maximum atomic E-state index is 9.93. The Bertz CT molecular complexity index is 274. The molecule has 2 atom stereocenters. The van der Waals surface area contributed by atoms with Gasteiger partial charge in [-0.2, -0.15) is 0 Å². The lowest BCUT2D eigenvalue weighted by molar-refractivity contribution is 0.0508. The van der Waals surface area contributed by atoms with Crippen molar-refractivity contribution in [3.8, 4) is 0 Å². The van der Waals surface area contributed by atoms with E-state index in [0.717, 1.165) is 12.8 Å². The molecule has 2 N–H and O–H groups in total. The summed E-state index contributed by atoms with van der Waals surface area (Å²) in [6.45, 7) is 7.21. The van der Waals surface area contributed by atoms with Gasteiger partial charge in [-0.15, -0.1) is 0 Å². The van der Waals surface area contributed by atoms with Gasteiger partial charge in [0.05, 0.1) is 6.61 Å². The molecular formula is C17H34N2O. The van der Waals surface area contributed by atoms with Crippen LogP contribution in [0.2, 0.25) is 0 Å². The normalized spacial score (nSPS) is 33.9.